The molecular formula is C15H8ClFINO. The molecule has 0 atom stereocenters. The third-order valence-corrected chi connectivity index (χ3v) is 4.64. The molecule has 1 heterocycles. The van der Waals surface area contributed by atoms with Crippen LogP contribution in [-0.2, 0) is 0 Å². The smallest absolute Gasteiger partial charge is 0.195 e. The van der Waals surface area contributed by atoms with E-state index in [4.69, 9.17) is 11.6 Å². The van der Waals surface area contributed by atoms with Crippen molar-refractivity contribution in [3.05, 3.63) is 68.1 Å². The number of ketones is 1. The van der Waals surface area contributed by atoms with E-state index in [0.717, 1.165) is 9.09 Å². The molecule has 0 unspecified atom stereocenters. The number of halogens is 3. The van der Waals surface area contributed by atoms with Gasteiger partial charge in [0, 0.05) is 31.8 Å². The highest BCUT2D eigenvalue weighted by Gasteiger charge is 2.15. The molecule has 3 rings (SSSR count). The minimum absolute atomic E-state index is 0.180. The molecule has 0 saturated carbocycles. The number of nitrogens with one attached hydrogen (secondary N) is 1. The van der Waals surface area contributed by atoms with Gasteiger partial charge in [0.15, 0.2) is 5.78 Å². The van der Waals surface area contributed by atoms with Gasteiger partial charge in [0.05, 0.1) is 5.02 Å². The van der Waals surface area contributed by atoms with Crippen molar-refractivity contribution in [3.63, 3.8) is 0 Å². The number of aromatic amines is 1. The van der Waals surface area contributed by atoms with Crippen LogP contribution in [0.1, 0.15) is 15.9 Å². The number of rotatable bonds is 2. The average molecular weight is 400 g/mol. The van der Waals surface area contributed by atoms with Gasteiger partial charge in [-0.3, -0.25) is 4.79 Å². The van der Waals surface area contributed by atoms with Crippen molar-refractivity contribution < 1.29 is 9.18 Å². The van der Waals surface area contributed by atoms with Crippen LogP contribution in [0.15, 0.2) is 42.6 Å². The summed E-state index contributed by atoms with van der Waals surface area (Å²) in [5.74, 6) is -0.549. The van der Waals surface area contributed by atoms with Crippen molar-refractivity contribution in [3.8, 4) is 0 Å². The molecule has 3 aromatic rings. The molecule has 20 heavy (non-hydrogen) atoms. The summed E-state index contributed by atoms with van der Waals surface area (Å²) in [6.07, 6.45) is 1.60. The average Bonchev–Trinajstić information content (AvgIpc) is 2.84. The van der Waals surface area contributed by atoms with E-state index in [0.29, 0.717) is 21.5 Å². The van der Waals surface area contributed by atoms with Crippen molar-refractivity contribution in [2.24, 2.45) is 0 Å². The molecule has 5 heteroatoms. The fourth-order valence-corrected chi connectivity index (χ4v) is 2.59. The highest BCUT2D eigenvalue weighted by molar-refractivity contribution is 14.1. The lowest BCUT2D eigenvalue weighted by atomic mass is 10.0. The van der Waals surface area contributed by atoms with Crippen LogP contribution in [0, 0.1) is 9.39 Å². The molecule has 100 valence electrons. The third-order valence-electron chi connectivity index (χ3n) is 3.07. The summed E-state index contributed by atoms with van der Waals surface area (Å²) in [4.78, 5) is 15.5. The monoisotopic (exact) mass is 399 g/mol. The Morgan fingerprint density at radius 3 is 2.75 bits per heavy atom. The number of carbonyl (C=O) groups is 1. The Hall–Kier alpha value is -1.40. The second-order valence-electron chi connectivity index (χ2n) is 4.35. The summed E-state index contributed by atoms with van der Waals surface area (Å²) < 4.78 is 14.2. The Balaban J connectivity index is 2.12. The Labute approximate surface area is 133 Å². The molecule has 0 saturated heterocycles. The lowest BCUT2D eigenvalue weighted by molar-refractivity contribution is 0.104. The van der Waals surface area contributed by atoms with Crippen LogP contribution >= 0.6 is 34.2 Å². The Morgan fingerprint density at radius 2 is 2.00 bits per heavy atom. The van der Waals surface area contributed by atoms with Gasteiger partial charge < -0.3 is 4.98 Å². The van der Waals surface area contributed by atoms with Gasteiger partial charge in [0.25, 0.3) is 0 Å². The summed E-state index contributed by atoms with van der Waals surface area (Å²) in [6, 6.07) is 9.45. The maximum atomic E-state index is 13.3. The number of aromatic nitrogens is 1. The molecule has 0 radical (unpaired) electrons. The minimum atomic E-state index is -0.369. The summed E-state index contributed by atoms with van der Waals surface area (Å²) >= 11 is 8.13. The largest absolute Gasteiger partial charge is 0.360 e. The fraction of sp³-hybridized carbons (Fsp3) is 0. The number of benzene rings is 2. The van der Waals surface area contributed by atoms with Gasteiger partial charge in [-0.15, -0.1) is 0 Å². The molecule has 2 nitrogen and oxygen atoms in total. The maximum absolute atomic E-state index is 13.3. The van der Waals surface area contributed by atoms with Crippen LogP contribution < -0.4 is 0 Å². The molecule has 1 N–H and O–H groups in total. The number of fused-ring (bicyclic) bond motifs is 1. The molecule has 1 aromatic heterocycles. The van der Waals surface area contributed by atoms with Crippen molar-refractivity contribution in [1.29, 1.82) is 0 Å². The number of H-pyrrole nitrogens is 1. The second kappa shape index (κ2) is 5.18. The molecule has 0 aliphatic carbocycles. The molecule has 2 aromatic carbocycles. The van der Waals surface area contributed by atoms with E-state index in [9.17, 15) is 9.18 Å². The van der Waals surface area contributed by atoms with Crippen LogP contribution in [0.4, 0.5) is 4.39 Å². The van der Waals surface area contributed by atoms with Crippen LogP contribution in [0.25, 0.3) is 10.9 Å². The van der Waals surface area contributed by atoms with Gasteiger partial charge in [0.2, 0.25) is 0 Å². The van der Waals surface area contributed by atoms with Crippen LogP contribution in [0.5, 0.6) is 0 Å². The number of carbonyl (C=O) groups excluding carboxylic acids is 1. The summed E-state index contributed by atoms with van der Waals surface area (Å²) in [5, 5.41) is 1.10. The molecule has 0 bridgehead atoms. The van der Waals surface area contributed by atoms with Crippen LogP contribution in [0.3, 0.4) is 0 Å². The lowest BCUT2D eigenvalue weighted by Crippen LogP contribution is -2.00. The zero-order valence-electron chi connectivity index (χ0n) is 10.1. The summed E-state index contributed by atoms with van der Waals surface area (Å²) in [6.45, 7) is 0. The summed E-state index contributed by atoms with van der Waals surface area (Å²) in [7, 11) is 0. The lowest BCUT2D eigenvalue weighted by Gasteiger charge is -2.02. The first-order valence-corrected chi connectivity index (χ1v) is 7.28. The molecular weight excluding hydrogens is 392 g/mol. The third kappa shape index (κ3) is 2.33. The first-order valence-electron chi connectivity index (χ1n) is 5.82. The number of hydrogen-bond acceptors (Lipinski definition) is 1. The van der Waals surface area contributed by atoms with Crippen molar-refractivity contribution in [1.82, 2.24) is 4.98 Å². The quantitative estimate of drug-likeness (QED) is 0.487. The first-order chi connectivity index (χ1) is 9.56. The zero-order valence-corrected chi connectivity index (χ0v) is 13.0. The highest BCUT2D eigenvalue weighted by Crippen LogP contribution is 2.25. The minimum Gasteiger partial charge on any atom is -0.360 e. The van der Waals surface area contributed by atoms with Crippen LogP contribution in [-0.4, -0.2) is 10.8 Å². The predicted octanol–water partition coefficient (Wildman–Crippen LogP) is 4.80. The van der Waals surface area contributed by atoms with Gasteiger partial charge in [0.1, 0.15) is 5.82 Å². The fourth-order valence-electron chi connectivity index (χ4n) is 2.07. The highest BCUT2D eigenvalue weighted by atomic mass is 127. The second-order valence-corrected chi connectivity index (χ2v) is 5.92. The van der Waals surface area contributed by atoms with Crippen LogP contribution in [0.2, 0.25) is 5.02 Å². The Bertz CT molecular complexity index is 828. The number of hydrogen-bond donors (Lipinski definition) is 1. The molecule has 0 aliphatic rings. The Kier molecular flexibility index (Phi) is 3.52. The van der Waals surface area contributed by atoms with E-state index in [1.165, 1.54) is 12.1 Å². The van der Waals surface area contributed by atoms with Gasteiger partial charge in [-0.05, 0) is 59.0 Å². The first kappa shape index (κ1) is 13.6. The molecule has 0 spiro atoms. The molecule has 0 fully saturated rings. The van der Waals surface area contributed by atoms with E-state index >= 15 is 0 Å². The van der Waals surface area contributed by atoms with E-state index in [2.05, 4.69) is 27.6 Å². The van der Waals surface area contributed by atoms with Gasteiger partial charge in [-0.2, -0.15) is 0 Å². The van der Waals surface area contributed by atoms with E-state index in [1.807, 2.05) is 0 Å². The predicted molar refractivity (Wildman–Crippen MR) is 85.9 cm³/mol. The Morgan fingerprint density at radius 1 is 1.20 bits per heavy atom. The maximum Gasteiger partial charge on any atom is 0.195 e. The normalized spacial score (nSPS) is 10.9. The standard InChI is InChI=1S/C15H8ClFINO/c16-12-5-8(1-3-13(12)18)15(20)11-7-19-14-4-2-9(17)6-10(11)14/h1-7,19H. The molecule has 0 aliphatic heterocycles. The van der Waals surface area contributed by atoms with Crippen molar-refractivity contribution >= 4 is 50.9 Å². The topological polar surface area (TPSA) is 32.9 Å². The van der Waals surface area contributed by atoms with Gasteiger partial charge >= 0.3 is 0 Å². The van der Waals surface area contributed by atoms with Gasteiger partial charge in [-0.1, -0.05) is 11.6 Å². The van der Waals surface area contributed by atoms with E-state index in [1.54, 1.807) is 30.5 Å². The van der Waals surface area contributed by atoms with E-state index < -0.39 is 0 Å². The van der Waals surface area contributed by atoms with Crippen molar-refractivity contribution in [2.75, 3.05) is 0 Å². The van der Waals surface area contributed by atoms with Gasteiger partial charge in [-0.25, -0.2) is 4.39 Å². The molecule has 0 amide bonds. The van der Waals surface area contributed by atoms with E-state index in [-0.39, 0.29) is 11.6 Å². The SMILES string of the molecule is O=C(c1ccc(I)c(Cl)c1)c1c[nH]c2ccc(F)cc12. The zero-order chi connectivity index (χ0) is 14.3. The summed E-state index contributed by atoms with van der Waals surface area (Å²) in [5.41, 5.74) is 1.66. The van der Waals surface area contributed by atoms with Crippen molar-refractivity contribution in [2.45, 2.75) is 0 Å².